The molecule has 49 heavy (non-hydrogen) atoms. The van der Waals surface area contributed by atoms with Crippen LogP contribution >= 0.6 is 0 Å². The maximum absolute atomic E-state index is 9.56. The second-order valence-corrected chi connectivity index (χ2v) is 3.24. The van der Waals surface area contributed by atoms with Crippen molar-refractivity contribution in [1.82, 2.24) is 0 Å². The molecule has 21 radical (unpaired) electrons. The van der Waals surface area contributed by atoms with Gasteiger partial charge in [-0.3, -0.25) is 12.6 Å². The summed E-state index contributed by atoms with van der Waals surface area (Å²) in [6, 6.07) is 0. The molecular formula is C22H44O6Y21-12. The topological polar surface area (TPSA) is 71.1 Å². The zero-order valence-corrected chi connectivity index (χ0v) is 90.5. The second-order valence-electron chi connectivity index (χ2n) is 3.24. The number of rotatable bonds is 12. The van der Waals surface area contributed by atoms with Gasteiger partial charge in [0, 0.05) is 700 Å². The Morgan fingerprint density at radius 2 is 0.408 bits per heavy atom. The third-order valence-electron chi connectivity index (χ3n) is 1.56. The van der Waals surface area contributed by atoms with Gasteiger partial charge >= 0.3 is 0 Å². The molecule has 0 amide bonds. The Morgan fingerprint density at radius 1 is 0.286 bits per heavy atom. The molecule has 0 bridgehead atoms. The predicted molar refractivity (Wildman–Crippen MR) is 122 cm³/mol. The Labute approximate surface area is 837 Å². The zero-order valence-electron chi connectivity index (χ0n) is 30.9. The molecule has 6 nitrogen and oxygen atoms in total. The van der Waals surface area contributed by atoms with Crippen molar-refractivity contribution in [2.24, 2.45) is 0 Å². The first-order chi connectivity index (χ1) is 11.7. The molecule has 0 aromatic heterocycles. The van der Waals surface area contributed by atoms with Crippen molar-refractivity contribution in [3.05, 3.63) is 71.2 Å². The largest absolute Gasteiger partial charge is 0.542 e. The standard InChI is InChI=1S/C6H8O3.3C4H8O.4CH3.21Y/c7-3-1-5-9-6-2-4-8;3*1-3-5-4-2;;;;;;;;;;;;;;;;;;;;;;;;;/h1-2,5-6H2;3*1-4H2;4*1H3;;;;;;;;;;;;;;;;;;;;;/q4*-2;4*-1;;;;;;;;;;;;;;;;;;;;;. The number of ether oxygens (including phenoxy) is 4. The van der Waals surface area contributed by atoms with Crippen LogP contribution < -0.4 is 0 Å². The van der Waals surface area contributed by atoms with Crippen molar-refractivity contribution in [1.29, 1.82) is 0 Å². The molecule has 0 rings (SSSR count). The Hall–Kier alpha value is 22.4. The SMILES string of the molecule is O=[C-]CCOCC[C-]=O.[CH2-]COC[CH2-].[CH2-]COC[CH2-].[CH2-]COC[CH2-].[CH3-].[CH3-].[CH3-].[CH3-].[Y].[Y].[Y].[Y].[Y].[Y].[Y].[Y].[Y].[Y].[Y].[Y].[Y].[Y].[Y].[Y].[Y].[Y].[Y].[Y].[Y]. The van der Waals surface area contributed by atoms with Crippen LogP contribution in [0.4, 0.5) is 0 Å². The third-order valence-corrected chi connectivity index (χ3v) is 1.56. The maximum Gasteiger partial charge on any atom is 0.0226 e. The Morgan fingerprint density at radius 3 is 0.469 bits per heavy atom. The van der Waals surface area contributed by atoms with Crippen LogP contribution in [0.1, 0.15) is 12.8 Å². The maximum atomic E-state index is 9.56. The van der Waals surface area contributed by atoms with E-state index >= 15 is 0 Å². The van der Waals surface area contributed by atoms with E-state index in [1.807, 2.05) is 0 Å². The molecule has 0 atom stereocenters. The molecule has 0 saturated carbocycles. The molecule has 0 N–H and O–H groups in total. The summed E-state index contributed by atoms with van der Waals surface area (Å²) in [7, 11) is 0. The van der Waals surface area contributed by atoms with Gasteiger partial charge in [-0.15, -0.1) is 12.8 Å². The van der Waals surface area contributed by atoms with Crippen molar-refractivity contribution in [2.45, 2.75) is 12.8 Å². The van der Waals surface area contributed by atoms with Gasteiger partial charge in [0.15, 0.2) is 0 Å². The molecular weight excluding hydrogens is 2230 g/mol. The first-order valence-corrected chi connectivity index (χ1v) is 7.42. The molecule has 0 unspecified atom stereocenters. The fourth-order valence-corrected chi connectivity index (χ4v) is 0.636. The summed E-state index contributed by atoms with van der Waals surface area (Å²) in [5.74, 6) is 0. The van der Waals surface area contributed by atoms with Crippen LogP contribution in [-0.4, -0.2) is 65.4 Å². The van der Waals surface area contributed by atoms with Crippen molar-refractivity contribution in [2.75, 3.05) is 52.9 Å². The van der Waals surface area contributed by atoms with Gasteiger partial charge in [0.2, 0.25) is 0 Å². The van der Waals surface area contributed by atoms with Gasteiger partial charge < -0.3 is 99.8 Å². The van der Waals surface area contributed by atoms with Crippen LogP contribution in [0.3, 0.4) is 0 Å². The van der Waals surface area contributed by atoms with Crippen LogP contribution in [0, 0.1) is 71.2 Å². The smallest absolute Gasteiger partial charge is 0.0226 e. The quantitative estimate of drug-likeness (QED) is 0.219. The number of hydrogen-bond acceptors (Lipinski definition) is 6. The summed E-state index contributed by atoms with van der Waals surface area (Å²) in [5.41, 5.74) is 0. The fraction of sp³-hybridized carbons (Fsp3) is 0.455. The van der Waals surface area contributed by atoms with E-state index in [0.717, 1.165) is 0 Å². The summed E-state index contributed by atoms with van der Waals surface area (Å²) in [6.45, 7) is 24.4. The molecule has 0 saturated heterocycles. The van der Waals surface area contributed by atoms with E-state index in [0.29, 0.717) is 52.9 Å². The Kier molecular flexibility index (Phi) is 924. The summed E-state index contributed by atoms with van der Waals surface area (Å²) >= 11 is 0. The van der Waals surface area contributed by atoms with Crippen LogP contribution in [0.5, 0.6) is 0 Å². The van der Waals surface area contributed by atoms with Crippen molar-refractivity contribution >= 4 is 12.6 Å². The minimum atomic E-state index is 0. The van der Waals surface area contributed by atoms with Crippen LogP contribution in [0.25, 0.3) is 0 Å². The summed E-state index contributed by atoms with van der Waals surface area (Å²) < 4.78 is 18.6. The normalized spacial score (nSPS) is 4.20. The molecule has 243 valence electrons. The van der Waals surface area contributed by atoms with E-state index in [4.69, 9.17) is 4.74 Å². The molecule has 0 aliphatic carbocycles. The van der Waals surface area contributed by atoms with Crippen LogP contribution in [-0.2, 0) is 715 Å². The second kappa shape index (κ2) is 230. The van der Waals surface area contributed by atoms with E-state index in [2.05, 4.69) is 55.8 Å². The van der Waals surface area contributed by atoms with Crippen molar-refractivity contribution < 1.29 is 715 Å². The van der Waals surface area contributed by atoms with Crippen molar-refractivity contribution in [3.63, 3.8) is 0 Å². The molecule has 27 heteroatoms. The van der Waals surface area contributed by atoms with Crippen LogP contribution in [0.2, 0.25) is 0 Å². The number of carbonyl (C=O) groups excluding carboxylic acids is 2. The van der Waals surface area contributed by atoms with Gasteiger partial charge in [0.25, 0.3) is 0 Å². The van der Waals surface area contributed by atoms with E-state index in [-0.39, 0.29) is 729 Å². The van der Waals surface area contributed by atoms with Crippen LogP contribution in [0.15, 0.2) is 0 Å². The van der Waals surface area contributed by atoms with E-state index in [1.54, 1.807) is 12.6 Å². The van der Waals surface area contributed by atoms with Gasteiger partial charge in [0.1, 0.15) is 0 Å². The predicted octanol–water partition coefficient (Wildman–Crippen LogP) is 3.76. The first-order valence-electron chi connectivity index (χ1n) is 7.42. The molecule has 0 spiro atoms. The molecule has 0 aromatic carbocycles. The Bertz CT molecular complexity index is 208. The molecule has 0 aliphatic rings. The average molecular weight is 2270 g/mol. The number of hydrogen-bond donors (Lipinski definition) is 0. The summed E-state index contributed by atoms with van der Waals surface area (Å²) in [6.07, 6.45) is 3.90. The monoisotopic (exact) mass is 2270 g/mol. The van der Waals surface area contributed by atoms with Gasteiger partial charge in [-0.1, -0.05) is 39.6 Å². The minimum Gasteiger partial charge on any atom is -0.542 e. The summed E-state index contributed by atoms with van der Waals surface area (Å²) in [5, 5.41) is 0. The zero-order chi connectivity index (χ0) is 19.3. The van der Waals surface area contributed by atoms with Gasteiger partial charge in [-0.2, -0.15) is 0 Å². The van der Waals surface area contributed by atoms with E-state index in [9.17, 15) is 9.59 Å². The van der Waals surface area contributed by atoms with E-state index in [1.165, 1.54) is 0 Å². The van der Waals surface area contributed by atoms with Gasteiger partial charge in [-0.25, -0.2) is 0 Å². The molecule has 0 heterocycles. The van der Waals surface area contributed by atoms with Gasteiger partial charge in [-0.05, 0) is 0 Å². The fourth-order valence-electron chi connectivity index (χ4n) is 0.636. The first kappa shape index (κ1) is 197. The van der Waals surface area contributed by atoms with Gasteiger partial charge in [0.05, 0.1) is 0 Å². The molecule has 0 aromatic rings. The van der Waals surface area contributed by atoms with E-state index < -0.39 is 0 Å². The van der Waals surface area contributed by atoms with Crippen molar-refractivity contribution in [3.8, 4) is 0 Å². The third kappa shape index (κ3) is 278. The average Bonchev–Trinajstić information content (AvgIpc) is 2.59. The Balaban J connectivity index is -0.00000000350. The summed E-state index contributed by atoms with van der Waals surface area (Å²) in [4.78, 5) is 19.1. The minimum absolute atomic E-state index is 0. The molecule has 0 aliphatic heterocycles. The molecule has 0 fully saturated rings.